The van der Waals surface area contributed by atoms with Gasteiger partial charge in [-0.1, -0.05) is 12.1 Å². The minimum atomic E-state index is 0.00665. The van der Waals surface area contributed by atoms with Crippen LogP contribution in [0.25, 0.3) is 0 Å². The van der Waals surface area contributed by atoms with Gasteiger partial charge in [-0.2, -0.15) is 0 Å². The van der Waals surface area contributed by atoms with Crippen molar-refractivity contribution in [2.24, 2.45) is 0 Å². The van der Waals surface area contributed by atoms with Crippen LogP contribution >= 0.6 is 11.3 Å². The molecular weight excluding hydrogens is 348 g/mol. The van der Waals surface area contributed by atoms with E-state index in [0.29, 0.717) is 6.54 Å². The molecule has 7 heteroatoms. The third-order valence-corrected chi connectivity index (χ3v) is 5.84. The van der Waals surface area contributed by atoms with E-state index in [0.717, 1.165) is 62.2 Å². The van der Waals surface area contributed by atoms with Crippen LogP contribution in [-0.2, 0) is 19.5 Å². The molecule has 0 atom stereocenters. The molecule has 0 unspecified atom stereocenters. The third kappa shape index (κ3) is 3.99. The van der Waals surface area contributed by atoms with E-state index in [1.54, 1.807) is 11.3 Å². The summed E-state index contributed by atoms with van der Waals surface area (Å²) in [4.78, 5) is 21.0. The molecule has 2 aliphatic rings. The smallest absolute Gasteiger partial charge is 0.317 e. The fourth-order valence-corrected chi connectivity index (χ4v) is 4.16. The first kappa shape index (κ1) is 17.3. The second-order valence-corrected chi connectivity index (χ2v) is 7.79. The molecule has 0 saturated carbocycles. The quantitative estimate of drug-likeness (QED) is 0.896. The second kappa shape index (κ2) is 7.63. The van der Waals surface area contributed by atoms with Gasteiger partial charge in [0.25, 0.3) is 0 Å². The van der Waals surface area contributed by atoms with Gasteiger partial charge in [0, 0.05) is 50.2 Å². The maximum Gasteiger partial charge on any atom is 0.317 e. The Morgan fingerprint density at radius 2 is 2.15 bits per heavy atom. The van der Waals surface area contributed by atoms with E-state index >= 15 is 0 Å². The number of hydrogen-bond acceptors (Lipinski definition) is 5. The highest BCUT2D eigenvalue weighted by Crippen LogP contribution is 2.26. The number of ether oxygens (including phenoxy) is 1. The summed E-state index contributed by atoms with van der Waals surface area (Å²) < 4.78 is 5.57. The van der Waals surface area contributed by atoms with E-state index in [2.05, 4.69) is 33.4 Å². The summed E-state index contributed by atoms with van der Waals surface area (Å²) in [7, 11) is 0. The van der Waals surface area contributed by atoms with Gasteiger partial charge in [-0.05, 0) is 24.1 Å². The largest absolute Gasteiger partial charge is 0.493 e. The van der Waals surface area contributed by atoms with Crippen molar-refractivity contribution >= 4 is 17.4 Å². The predicted octanol–water partition coefficient (Wildman–Crippen LogP) is 2.41. The normalized spacial score (nSPS) is 17.0. The predicted molar refractivity (Wildman–Crippen MR) is 102 cm³/mol. The van der Waals surface area contributed by atoms with Crippen molar-refractivity contribution in [1.29, 1.82) is 0 Å². The molecule has 2 amide bonds. The van der Waals surface area contributed by atoms with Gasteiger partial charge < -0.3 is 15.0 Å². The number of amides is 2. The molecule has 2 aromatic rings. The van der Waals surface area contributed by atoms with E-state index in [4.69, 9.17) is 4.74 Å². The summed E-state index contributed by atoms with van der Waals surface area (Å²) in [6.45, 7) is 7.53. The number of carbonyl (C=O) groups is 1. The zero-order valence-electron chi connectivity index (χ0n) is 15.0. The highest BCUT2D eigenvalue weighted by atomic mass is 32.1. The molecule has 1 saturated heterocycles. The van der Waals surface area contributed by atoms with Crippen LogP contribution in [0.1, 0.15) is 21.8 Å². The lowest BCUT2D eigenvalue weighted by molar-refractivity contribution is 0.135. The van der Waals surface area contributed by atoms with Gasteiger partial charge in [0.15, 0.2) is 0 Å². The first-order valence-corrected chi connectivity index (χ1v) is 9.96. The van der Waals surface area contributed by atoms with Crippen LogP contribution in [0.5, 0.6) is 5.75 Å². The molecule has 1 aromatic heterocycles. The topological polar surface area (TPSA) is 57.7 Å². The van der Waals surface area contributed by atoms with Gasteiger partial charge >= 0.3 is 6.03 Å². The minimum absolute atomic E-state index is 0.00665. The van der Waals surface area contributed by atoms with Crippen molar-refractivity contribution in [3.8, 4) is 5.75 Å². The average molecular weight is 372 g/mol. The fraction of sp³-hybridized carbons (Fsp3) is 0.474. The molecule has 0 radical (unpaired) electrons. The van der Waals surface area contributed by atoms with Gasteiger partial charge in [-0.3, -0.25) is 4.90 Å². The summed E-state index contributed by atoms with van der Waals surface area (Å²) >= 11 is 1.59. The number of aromatic nitrogens is 1. The lowest BCUT2D eigenvalue weighted by Gasteiger charge is -2.34. The highest BCUT2D eigenvalue weighted by Gasteiger charge is 2.21. The Bertz CT molecular complexity index is 784. The maximum atomic E-state index is 12.3. The van der Waals surface area contributed by atoms with Crippen molar-refractivity contribution in [3.05, 3.63) is 45.4 Å². The Labute approximate surface area is 157 Å². The number of urea groups is 1. The monoisotopic (exact) mass is 372 g/mol. The molecule has 1 N–H and O–H groups in total. The molecule has 0 spiro atoms. The van der Waals surface area contributed by atoms with Crippen molar-refractivity contribution < 1.29 is 9.53 Å². The van der Waals surface area contributed by atoms with E-state index < -0.39 is 0 Å². The second-order valence-electron chi connectivity index (χ2n) is 6.85. The van der Waals surface area contributed by atoms with Crippen LogP contribution in [-0.4, -0.2) is 53.6 Å². The van der Waals surface area contributed by atoms with Gasteiger partial charge in [-0.15, -0.1) is 11.3 Å². The van der Waals surface area contributed by atoms with Gasteiger partial charge in [0.2, 0.25) is 0 Å². The lowest BCUT2D eigenvalue weighted by atomic mass is 10.1. The molecule has 138 valence electrons. The number of aryl methyl sites for hydroxylation is 1. The molecule has 0 aliphatic carbocycles. The first-order chi connectivity index (χ1) is 12.7. The molecule has 26 heavy (non-hydrogen) atoms. The Morgan fingerprint density at radius 3 is 2.92 bits per heavy atom. The van der Waals surface area contributed by atoms with E-state index in [1.165, 1.54) is 11.1 Å². The maximum absolute atomic E-state index is 12.3. The van der Waals surface area contributed by atoms with Crippen molar-refractivity contribution in [3.63, 3.8) is 0 Å². The first-order valence-electron chi connectivity index (χ1n) is 9.08. The standard InChI is InChI=1S/C19H24N4O2S/c1-14-13-26-18(21-14)11-20-19(24)23-7-5-22(6-8-23)12-15-2-3-17-16(10-15)4-9-25-17/h2-3,10,13H,4-9,11-12H2,1H3,(H,20,24). The van der Waals surface area contributed by atoms with Crippen molar-refractivity contribution in [2.45, 2.75) is 26.4 Å². The highest BCUT2D eigenvalue weighted by molar-refractivity contribution is 7.09. The molecule has 4 rings (SSSR count). The van der Waals surface area contributed by atoms with Gasteiger partial charge in [0.1, 0.15) is 10.8 Å². The summed E-state index contributed by atoms with van der Waals surface area (Å²) in [6.07, 6.45) is 1.01. The number of nitrogens with one attached hydrogen (secondary N) is 1. The summed E-state index contributed by atoms with van der Waals surface area (Å²) in [6, 6.07) is 6.51. The molecule has 2 aliphatic heterocycles. The van der Waals surface area contributed by atoms with E-state index in [-0.39, 0.29) is 6.03 Å². The minimum Gasteiger partial charge on any atom is -0.493 e. The Hall–Kier alpha value is -2.12. The number of fused-ring (bicyclic) bond motifs is 1. The Morgan fingerprint density at radius 1 is 1.31 bits per heavy atom. The Kier molecular flexibility index (Phi) is 5.08. The zero-order chi connectivity index (χ0) is 17.9. The number of rotatable bonds is 4. The van der Waals surface area contributed by atoms with Crippen LogP contribution in [0, 0.1) is 6.92 Å². The van der Waals surface area contributed by atoms with Gasteiger partial charge in [-0.25, -0.2) is 9.78 Å². The number of hydrogen-bond donors (Lipinski definition) is 1. The van der Waals surface area contributed by atoms with Crippen LogP contribution in [0.3, 0.4) is 0 Å². The molecule has 6 nitrogen and oxygen atoms in total. The molecular formula is C19H24N4O2S. The van der Waals surface area contributed by atoms with Crippen LogP contribution < -0.4 is 10.1 Å². The van der Waals surface area contributed by atoms with Crippen LogP contribution in [0.4, 0.5) is 4.79 Å². The molecule has 3 heterocycles. The number of thiazole rings is 1. The van der Waals surface area contributed by atoms with Crippen molar-refractivity contribution in [1.82, 2.24) is 20.1 Å². The van der Waals surface area contributed by atoms with Gasteiger partial charge in [0.05, 0.1) is 13.2 Å². The number of carbonyl (C=O) groups excluding carboxylic acids is 1. The van der Waals surface area contributed by atoms with Crippen LogP contribution in [0.2, 0.25) is 0 Å². The number of piperazine rings is 1. The van der Waals surface area contributed by atoms with E-state index in [1.807, 2.05) is 17.2 Å². The zero-order valence-corrected chi connectivity index (χ0v) is 15.8. The molecule has 1 aromatic carbocycles. The summed E-state index contributed by atoms with van der Waals surface area (Å²) in [5.41, 5.74) is 3.65. The fourth-order valence-electron chi connectivity index (χ4n) is 3.45. The molecule has 0 bridgehead atoms. The number of nitrogens with zero attached hydrogens (tertiary/aromatic N) is 3. The SMILES string of the molecule is Cc1csc(CNC(=O)N2CCN(Cc3ccc4c(c3)CCO4)CC2)n1. The average Bonchev–Trinajstić information content (AvgIpc) is 3.28. The number of benzene rings is 1. The van der Waals surface area contributed by atoms with E-state index in [9.17, 15) is 4.79 Å². The summed E-state index contributed by atoms with van der Waals surface area (Å²) in [5.74, 6) is 1.03. The Balaban J connectivity index is 1.24. The van der Waals surface area contributed by atoms with Crippen LogP contribution in [0.15, 0.2) is 23.6 Å². The summed E-state index contributed by atoms with van der Waals surface area (Å²) in [5, 5.41) is 5.94. The van der Waals surface area contributed by atoms with Crippen molar-refractivity contribution in [2.75, 3.05) is 32.8 Å². The lowest BCUT2D eigenvalue weighted by Crippen LogP contribution is -2.51. The molecule has 1 fully saturated rings. The third-order valence-electron chi connectivity index (χ3n) is 4.88.